The molecule has 13 heteroatoms. The minimum Gasteiger partial charge on any atom is -0.490 e. The van der Waals surface area contributed by atoms with Crippen molar-refractivity contribution in [3.8, 4) is 16.9 Å². The lowest BCUT2D eigenvalue weighted by molar-refractivity contribution is -0.387. The Morgan fingerprint density at radius 3 is 2.43 bits per heavy atom. The Hall–Kier alpha value is -4.85. The first kappa shape index (κ1) is 36.0. The number of rotatable bonds is 12. The number of carbonyl (C=O) groups is 1. The molecule has 0 aliphatic carbocycles. The first-order valence-corrected chi connectivity index (χ1v) is 19.0. The quantitative estimate of drug-likeness (QED) is 0.0783. The van der Waals surface area contributed by atoms with Crippen LogP contribution in [0.4, 0.5) is 11.4 Å². The summed E-state index contributed by atoms with van der Waals surface area (Å²) in [6.45, 7) is 3.74. The molecule has 0 spiro atoms. The van der Waals surface area contributed by atoms with Crippen LogP contribution in [0.1, 0.15) is 35.1 Å². The van der Waals surface area contributed by atoms with Crippen molar-refractivity contribution in [3.63, 3.8) is 0 Å². The number of carbonyl (C=O) groups excluding carboxylic acids is 1. The molecule has 4 aromatic carbocycles. The fraction of sp³-hybridized carbons (Fsp3) is 0.289. The van der Waals surface area contributed by atoms with Crippen LogP contribution in [0.2, 0.25) is 0 Å². The van der Waals surface area contributed by atoms with Gasteiger partial charge in [0.1, 0.15) is 23.5 Å². The molecule has 0 radical (unpaired) electrons. The van der Waals surface area contributed by atoms with Crippen LogP contribution in [0.3, 0.4) is 0 Å². The number of hydrogen-bond donors (Lipinski definition) is 1. The van der Waals surface area contributed by atoms with Gasteiger partial charge in [-0.15, -0.1) is 0 Å². The average molecular weight is 731 g/mol. The second-order valence-electron chi connectivity index (χ2n) is 12.6. The predicted molar refractivity (Wildman–Crippen MR) is 197 cm³/mol. The maximum Gasteiger partial charge on any atom is 0.310 e. The van der Waals surface area contributed by atoms with Crippen LogP contribution in [0.5, 0.6) is 5.75 Å². The van der Waals surface area contributed by atoms with E-state index in [1.807, 2.05) is 44.2 Å². The number of benzene rings is 4. The highest BCUT2D eigenvalue weighted by Crippen LogP contribution is 2.38. The van der Waals surface area contributed by atoms with E-state index in [0.29, 0.717) is 40.7 Å². The zero-order chi connectivity index (χ0) is 36.3. The molecule has 51 heavy (non-hydrogen) atoms. The van der Waals surface area contributed by atoms with Gasteiger partial charge in [0.15, 0.2) is 4.90 Å². The van der Waals surface area contributed by atoms with E-state index in [9.17, 15) is 28.4 Å². The molecule has 1 aliphatic heterocycles. The van der Waals surface area contributed by atoms with Crippen LogP contribution in [-0.2, 0) is 32.5 Å². The van der Waals surface area contributed by atoms with E-state index < -0.39 is 37.1 Å². The number of nitrogens with zero attached hydrogens (tertiary/aromatic N) is 2. The van der Waals surface area contributed by atoms with E-state index >= 15 is 0 Å². The van der Waals surface area contributed by atoms with Crippen molar-refractivity contribution in [3.05, 3.63) is 117 Å². The number of esters is 1. The van der Waals surface area contributed by atoms with Crippen LogP contribution in [-0.4, -0.2) is 55.2 Å². The highest BCUT2D eigenvalue weighted by atomic mass is 32.2. The Labute approximate surface area is 300 Å². The lowest BCUT2D eigenvalue weighted by Crippen LogP contribution is -2.39. The molecule has 6 rings (SSSR count). The standard InChI is InChI=1S/C38H38N2O9S2/c1-25-7-6-8-26(2)37(25)27-11-14-33(49-24-38(42)15-17-50-18-16-38)28(19-27)22-39(51(45,46)35-10-5-4-9-32(35)40(43)44)30-12-13-31-29(20-36(41)47-3)23-48-34(31)21-30/h4-14,19,21,23,42H,15-18,20,22,24H2,1-3H3. The Kier molecular flexibility index (Phi) is 10.4. The summed E-state index contributed by atoms with van der Waals surface area (Å²) in [5, 5.41) is 24.0. The van der Waals surface area contributed by atoms with E-state index in [4.69, 9.17) is 13.9 Å². The van der Waals surface area contributed by atoms with E-state index in [0.717, 1.165) is 44.1 Å². The van der Waals surface area contributed by atoms with Crippen molar-refractivity contribution >= 4 is 50.1 Å². The summed E-state index contributed by atoms with van der Waals surface area (Å²) in [5.41, 5.74) is 3.80. The Morgan fingerprint density at radius 1 is 1.00 bits per heavy atom. The number of furan rings is 1. The fourth-order valence-corrected chi connectivity index (χ4v) is 9.23. The SMILES string of the molecule is COC(=O)Cc1coc2cc(N(Cc3cc(-c4c(C)cccc4C)ccc3OCC3(O)CCSCC3)S(=O)(=O)c3ccccc3[N+](=O)[O-])ccc12. The summed E-state index contributed by atoms with van der Waals surface area (Å²) in [4.78, 5) is 22.9. The summed E-state index contributed by atoms with van der Waals surface area (Å²) >= 11 is 1.77. The van der Waals surface area contributed by atoms with Gasteiger partial charge in [-0.2, -0.15) is 11.8 Å². The Bertz CT molecular complexity index is 2190. The highest BCUT2D eigenvalue weighted by molar-refractivity contribution is 7.99. The van der Waals surface area contributed by atoms with Gasteiger partial charge in [0.25, 0.3) is 15.7 Å². The van der Waals surface area contributed by atoms with Crippen molar-refractivity contribution in [2.24, 2.45) is 0 Å². The summed E-state index contributed by atoms with van der Waals surface area (Å²) in [7, 11) is -3.31. The molecular weight excluding hydrogens is 693 g/mol. The highest BCUT2D eigenvalue weighted by Gasteiger charge is 2.34. The van der Waals surface area contributed by atoms with Crippen LogP contribution >= 0.6 is 11.8 Å². The van der Waals surface area contributed by atoms with Gasteiger partial charge >= 0.3 is 5.97 Å². The van der Waals surface area contributed by atoms with Gasteiger partial charge in [0, 0.05) is 28.6 Å². The Morgan fingerprint density at radius 2 is 1.73 bits per heavy atom. The number of para-hydroxylation sites is 1. The van der Waals surface area contributed by atoms with E-state index in [1.54, 1.807) is 30.0 Å². The summed E-state index contributed by atoms with van der Waals surface area (Å²) < 4.78 is 47.3. The largest absolute Gasteiger partial charge is 0.490 e. The molecule has 1 N–H and O–H groups in total. The number of thioether (sulfide) groups is 1. The molecule has 0 bridgehead atoms. The van der Waals surface area contributed by atoms with Gasteiger partial charge in [0.2, 0.25) is 0 Å². The topological polar surface area (TPSA) is 149 Å². The minimum absolute atomic E-state index is 0.0154. The van der Waals surface area contributed by atoms with E-state index in [-0.39, 0.29) is 25.3 Å². The number of fused-ring (bicyclic) bond motifs is 1. The second-order valence-corrected chi connectivity index (χ2v) is 15.7. The number of methoxy groups -OCH3 is 1. The number of hydrogen-bond acceptors (Lipinski definition) is 10. The van der Waals surface area contributed by atoms with Gasteiger partial charge in [-0.3, -0.25) is 19.2 Å². The average Bonchev–Trinajstić information content (AvgIpc) is 3.51. The molecule has 1 aliphatic rings. The molecule has 0 atom stereocenters. The lowest BCUT2D eigenvalue weighted by atomic mass is 9.94. The molecule has 1 aromatic heterocycles. The van der Waals surface area contributed by atoms with Gasteiger partial charge < -0.3 is 19.0 Å². The molecule has 1 fully saturated rings. The van der Waals surface area contributed by atoms with Crippen molar-refractivity contribution in [2.45, 2.75) is 50.2 Å². The number of nitro groups is 1. The molecule has 1 saturated heterocycles. The first-order valence-electron chi connectivity index (χ1n) is 16.4. The zero-order valence-electron chi connectivity index (χ0n) is 28.5. The third kappa shape index (κ3) is 7.60. The van der Waals surface area contributed by atoms with Crippen molar-refractivity contribution < 1.29 is 37.1 Å². The minimum atomic E-state index is -4.60. The number of nitro benzene ring substituents is 1. The van der Waals surface area contributed by atoms with Crippen molar-refractivity contribution in [1.82, 2.24) is 0 Å². The molecule has 0 unspecified atom stereocenters. The maximum atomic E-state index is 14.7. The third-order valence-corrected chi connectivity index (χ3v) is 12.0. The smallest absolute Gasteiger partial charge is 0.310 e. The van der Waals surface area contributed by atoms with E-state index in [1.165, 1.54) is 37.6 Å². The number of anilines is 1. The fourth-order valence-electron chi connectivity index (χ4n) is 6.38. The van der Waals surface area contributed by atoms with Crippen LogP contribution < -0.4 is 9.04 Å². The number of aliphatic hydroxyl groups is 1. The van der Waals surface area contributed by atoms with Crippen LogP contribution in [0.15, 0.2) is 94.4 Å². The maximum absolute atomic E-state index is 14.7. The summed E-state index contributed by atoms with van der Waals surface area (Å²) in [6, 6.07) is 21.5. The number of aryl methyl sites for hydroxylation is 2. The normalized spacial score (nSPS) is 14.3. The second kappa shape index (κ2) is 14.8. The van der Waals surface area contributed by atoms with Gasteiger partial charge in [-0.1, -0.05) is 36.4 Å². The number of sulfonamides is 1. The van der Waals surface area contributed by atoms with Gasteiger partial charge in [-0.25, -0.2) is 8.42 Å². The molecule has 2 heterocycles. The van der Waals surface area contributed by atoms with Gasteiger partial charge in [0.05, 0.1) is 36.9 Å². The van der Waals surface area contributed by atoms with Crippen LogP contribution in [0.25, 0.3) is 22.1 Å². The number of ether oxygens (including phenoxy) is 2. The Balaban J connectivity index is 1.50. The summed E-state index contributed by atoms with van der Waals surface area (Å²) in [6.07, 6.45) is 2.50. The molecule has 266 valence electrons. The zero-order valence-corrected chi connectivity index (χ0v) is 30.1. The first-order chi connectivity index (χ1) is 24.4. The van der Waals surface area contributed by atoms with Gasteiger partial charge in [-0.05, 0) is 90.8 Å². The lowest BCUT2D eigenvalue weighted by Gasteiger charge is -2.32. The monoisotopic (exact) mass is 730 g/mol. The predicted octanol–water partition coefficient (Wildman–Crippen LogP) is 7.37. The third-order valence-electron chi connectivity index (χ3n) is 9.18. The van der Waals surface area contributed by atoms with E-state index in [2.05, 4.69) is 0 Å². The molecule has 5 aromatic rings. The molecule has 0 saturated carbocycles. The molecule has 0 amide bonds. The van der Waals surface area contributed by atoms with Crippen molar-refractivity contribution in [2.75, 3.05) is 29.5 Å². The van der Waals surface area contributed by atoms with Crippen LogP contribution in [0, 0.1) is 24.0 Å². The van der Waals surface area contributed by atoms with Crippen molar-refractivity contribution in [1.29, 1.82) is 0 Å². The summed E-state index contributed by atoms with van der Waals surface area (Å²) in [5.74, 6) is 1.52. The molecular formula is C38H38N2O9S2. The molecule has 11 nitrogen and oxygen atoms in total.